The van der Waals surface area contributed by atoms with Crippen molar-refractivity contribution in [3.8, 4) is 0 Å². The van der Waals surface area contributed by atoms with E-state index in [1.807, 2.05) is 0 Å². The monoisotopic (exact) mass is 336 g/mol. The van der Waals surface area contributed by atoms with E-state index in [4.69, 9.17) is 47.3 Å². The average molecular weight is 336 g/mol. The van der Waals surface area contributed by atoms with Crippen LogP contribution in [0.5, 0.6) is 0 Å². The third kappa shape index (κ3) is 398. The van der Waals surface area contributed by atoms with Gasteiger partial charge in [0.15, 0.2) is 0 Å². The van der Waals surface area contributed by atoms with Gasteiger partial charge in [-0.3, -0.25) is 0 Å². The Hall–Kier alpha value is -0.715. The summed E-state index contributed by atoms with van der Waals surface area (Å²) in [5.41, 5.74) is 0. The first-order valence-electron chi connectivity index (χ1n) is 0.894. The number of nitrogens with zero attached hydrogens (tertiary/aromatic N) is 4. The Balaban J connectivity index is -0.00000000762. The average Bonchev–Trinajstić information content (AvgIpc) is 2.03. The summed E-state index contributed by atoms with van der Waals surface area (Å²) in [6.45, 7) is 19.0. The van der Waals surface area contributed by atoms with Crippen LogP contribution in [0.25, 0.3) is 0 Å². The molecule has 0 N–H and O–H groups in total. The topological polar surface area (TPSA) is 95.2 Å². The van der Waals surface area contributed by atoms with Gasteiger partial charge in [0.25, 0.3) is 0 Å². The summed E-state index contributed by atoms with van der Waals surface area (Å²) >= 11 is 0. The van der Waals surface area contributed by atoms with Gasteiger partial charge in [-0.05, 0) is 0 Å². The molecule has 0 saturated carbocycles. The Morgan fingerprint density at radius 2 is 0.444 bits per heavy atom. The molecule has 0 aromatic carbocycles. The maximum atomic E-state index is 6.25. The zero-order chi connectivity index (χ0) is 8.00. The fourth-order valence-electron chi connectivity index (χ4n) is 0. The minimum Gasteiger partial charge on any atom is -0.512 e. The van der Waals surface area contributed by atoms with Crippen molar-refractivity contribution < 1.29 is 39.9 Å². The minimum absolute atomic E-state index is 0. The van der Waals surface area contributed by atoms with E-state index in [0.717, 1.165) is 0 Å². The second-order valence-corrected chi connectivity index (χ2v) is 0. The SMILES string of the molecule is [C-]#N.[C-]#N.[C-]#N.[C-]#N.[Th+4]. The molecule has 0 aromatic rings. The zero-order valence-electron chi connectivity index (χ0n) is 4.29. The summed E-state index contributed by atoms with van der Waals surface area (Å²) in [5.74, 6) is 0. The quantitative estimate of drug-likeness (QED) is 0.598. The summed E-state index contributed by atoms with van der Waals surface area (Å²) in [4.78, 5) is 0. The molecule has 4 nitrogen and oxygen atoms in total. The molecule has 0 radical (unpaired) electrons. The molecule has 0 bridgehead atoms. The molecule has 0 aliphatic rings. The van der Waals surface area contributed by atoms with E-state index < -0.39 is 0 Å². The van der Waals surface area contributed by atoms with Gasteiger partial charge in [-0.15, -0.1) is 0 Å². The van der Waals surface area contributed by atoms with Crippen LogP contribution < -0.4 is 0 Å². The molecule has 40 valence electrons. The first-order valence-corrected chi connectivity index (χ1v) is 0.894. The van der Waals surface area contributed by atoms with Crippen molar-refractivity contribution in [3.63, 3.8) is 0 Å². The molecular weight excluding hydrogens is 336 g/mol. The van der Waals surface area contributed by atoms with E-state index in [1.165, 1.54) is 0 Å². The van der Waals surface area contributed by atoms with E-state index in [2.05, 4.69) is 0 Å². The van der Waals surface area contributed by atoms with E-state index >= 15 is 0 Å². The van der Waals surface area contributed by atoms with Gasteiger partial charge < -0.3 is 47.3 Å². The molecule has 0 atom stereocenters. The maximum Gasteiger partial charge on any atom is 4.00 e. The second kappa shape index (κ2) is 562. The van der Waals surface area contributed by atoms with Crippen LogP contribution in [0.1, 0.15) is 0 Å². The molecule has 0 aliphatic heterocycles. The van der Waals surface area contributed by atoms with Crippen LogP contribution in [0.2, 0.25) is 0 Å². The van der Waals surface area contributed by atoms with Crippen LogP contribution in [-0.4, -0.2) is 0 Å². The molecule has 0 heterocycles. The maximum absolute atomic E-state index is 6.25. The van der Waals surface area contributed by atoms with E-state index in [0.29, 0.717) is 0 Å². The van der Waals surface area contributed by atoms with Gasteiger partial charge in [-0.25, -0.2) is 0 Å². The Morgan fingerprint density at radius 1 is 0.444 bits per heavy atom. The molecule has 0 saturated heterocycles. The molecule has 9 heavy (non-hydrogen) atoms. The standard InChI is InChI=1S/4CN.Th/c4*1-2;/q4*-1;+4. The van der Waals surface area contributed by atoms with E-state index in [1.54, 1.807) is 0 Å². The number of rotatable bonds is 0. The van der Waals surface area contributed by atoms with Crippen molar-refractivity contribution in [1.29, 1.82) is 21.0 Å². The first-order chi connectivity index (χ1) is 4.00. The molecule has 0 unspecified atom stereocenters. The summed E-state index contributed by atoms with van der Waals surface area (Å²) in [6, 6.07) is 0. The predicted molar refractivity (Wildman–Crippen MR) is 19.9 cm³/mol. The largest absolute Gasteiger partial charge is 4.00 e. The molecule has 0 aromatic heterocycles. The van der Waals surface area contributed by atoms with Crippen LogP contribution in [0.15, 0.2) is 0 Å². The van der Waals surface area contributed by atoms with Crippen molar-refractivity contribution >= 4 is 0 Å². The first kappa shape index (κ1) is 40.7. The summed E-state index contributed by atoms with van der Waals surface area (Å²) in [7, 11) is 0. The van der Waals surface area contributed by atoms with Gasteiger partial charge in [-0.2, -0.15) is 0 Å². The van der Waals surface area contributed by atoms with Crippen LogP contribution >= 0.6 is 0 Å². The van der Waals surface area contributed by atoms with Gasteiger partial charge in [0.1, 0.15) is 0 Å². The molecule has 0 amide bonds. The van der Waals surface area contributed by atoms with Crippen molar-refractivity contribution in [2.45, 2.75) is 0 Å². The fraction of sp³-hybridized carbons (Fsp3) is 0. The minimum atomic E-state index is 0. The normalized spacial score (nSPS) is 0.889. The Kier molecular flexibility index (Phi) is 2550. The van der Waals surface area contributed by atoms with Crippen molar-refractivity contribution in [2.24, 2.45) is 0 Å². The van der Waals surface area contributed by atoms with Crippen LogP contribution in [0, 0.1) is 87.3 Å². The van der Waals surface area contributed by atoms with Gasteiger partial charge in [0.2, 0.25) is 0 Å². The van der Waals surface area contributed by atoms with Crippen LogP contribution in [0.3, 0.4) is 0 Å². The van der Waals surface area contributed by atoms with Gasteiger partial charge in [-0.1, -0.05) is 0 Å². The number of hydrogen-bond donors (Lipinski definition) is 0. The summed E-state index contributed by atoms with van der Waals surface area (Å²) in [6.07, 6.45) is 0. The predicted octanol–water partition coefficient (Wildman–Crippen LogP) is 0.385. The van der Waals surface area contributed by atoms with Gasteiger partial charge in [0.05, 0.1) is 0 Å². The Labute approximate surface area is 86.6 Å². The summed E-state index contributed by atoms with van der Waals surface area (Å²) in [5, 5.41) is 25.0. The molecule has 0 fully saturated rings. The summed E-state index contributed by atoms with van der Waals surface area (Å²) < 4.78 is 0. The van der Waals surface area contributed by atoms with Gasteiger partial charge >= 0.3 is 39.9 Å². The van der Waals surface area contributed by atoms with Crippen LogP contribution in [0.4, 0.5) is 0 Å². The number of hydrogen-bond acceptors (Lipinski definition) is 4. The third-order valence-corrected chi connectivity index (χ3v) is 0. The Bertz CT molecular complexity index is 55.5. The molecule has 0 aliphatic carbocycles. The Morgan fingerprint density at radius 3 is 0.444 bits per heavy atom. The van der Waals surface area contributed by atoms with Crippen molar-refractivity contribution in [3.05, 3.63) is 26.3 Å². The van der Waals surface area contributed by atoms with E-state index in [-0.39, 0.29) is 39.9 Å². The fourth-order valence-corrected chi connectivity index (χ4v) is 0. The molecular formula is C4N4Th. The molecule has 0 rings (SSSR count). The smallest absolute Gasteiger partial charge is 0.512 e. The third-order valence-electron chi connectivity index (χ3n) is 0. The van der Waals surface area contributed by atoms with E-state index in [9.17, 15) is 0 Å². The molecule has 5 heteroatoms. The second-order valence-electron chi connectivity index (χ2n) is 0. The van der Waals surface area contributed by atoms with Crippen molar-refractivity contribution in [2.75, 3.05) is 0 Å². The zero-order valence-corrected chi connectivity index (χ0v) is 8.40. The van der Waals surface area contributed by atoms with Crippen molar-refractivity contribution in [1.82, 2.24) is 0 Å². The molecule has 0 spiro atoms. The van der Waals surface area contributed by atoms with Gasteiger partial charge in [0, 0.05) is 0 Å². The van der Waals surface area contributed by atoms with Crippen LogP contribution in [-0.2, 0) is 0 Å².